The summed E-state index contributed by atoms with van der Waals surface area (Å²) in [6.07, 6.45) is 0.126. The van der Waals surface area contributed by atoms with Crippen LogP contribution < -0.4 is 4.74 Å². The number of hydrogen-bond donors (Lipinski definition) is 1. The van der Waals surface area contributed by atoms with Crippen LogP contribution in [-0.2, 0) is 6.42 Å². The molecular formula is C15H11NO3. The van der Waals surface area contributed by atoms with Crippen LogP contribution in [0.1, 0.15) is 34.3 Å². The number of rotatable bonds is 0. The molecule has 4 heteroatoms. The van der Waals surface area contributed by atoms with Crippen LogP contribution in [0.3, 0.4) is 0 Å². The Hall–Kier alpha value is -2.20. The predicted octanol–water partition coefficient (Wildman–Crippen LogP) is 2.26. The zero-order chi connectivity index (χ0) is 13.0. The molecule has 1 atom stereocenters. The van der Waals surface area contributed by atoms with Crippen molar-refractivity contribution in [3.63, 3.8) is 0 Å². The Balaban J connectivity index is 2.01. The van der Waals surface area contributed by atoms with E-state index in [4.69, 9.17) is 4.74 Å². The SMILES string of the molecule is O=C1CCc2nc3c(cc21)C(O)Oc1ccccc1-3. The Morgan fingerprint density at radius 2 is 2.05 bits per heavy atom. The Kier molecular flexibility index (Phi) is 2.05. The molecular weight excluding hydrogens is 242 g/mol. The Morgan fingerprint density at radius 3 is 2.95 bits per heavy atom. The Morgan fingerprint density at radius 1 is 1.21 bits per heavy atom. The second-order valence-corrected chi connectivity index (χ2v) is 4.81. The molecule has 2 aromatic rings. The van der Waals surface area contributed by atoms with Gasteiger partial charge in [-0.1, -0.05) is 12.1 Å². The molecule has 1 aromatic carbocycles. The molecule has 0 fully saturated rings. The zero-order valence-corrected chi connectivity index (χ0v) is 10.1. The third kappa shape index (κ3) is 1.43. The average molecular weight is 253 g/mol. The van der Waals surface area contributed by atoms with Gasteiger partial charge in [-0.15, -0.1) is 0 Å². The number of pyridine rings is 1. The molecule has 1 N–H and O–H groups in total. The molecule has 0 saturated carbocycles. The van der Waals surface area contributed by atoms with Gasteiger partial charge in [-0.25, -0.2) is 0 Å². The number of carbonyl (C=O) groups is 1. The van der Waals surface area contributed by atoms with Crippen LogP contribution in [0.15, 0.2) is 30.3 Å². The van der Waals surface area contributed by atoms with Crippen LogP contribution in [0.5, 0.6) is 5.75 Å². The summed E-state index contributed by atoms with van der Waals surface area (Å²) in [6.45, 7) is 0. The highest BCUT2D eigenvalue weighted by Crippen LogP contribution is 2.41. The van der Waals surface area contributed by atoms with Crippen molar-refractivity contribution in [1.29, 1.82) is 0 Å². The number of Topliss-reactive ketones (excluding diaryl/α,β-unsaturated/α-hetero) is 1. The van der Waals surface area contributed by atoms with E-state index in [0.717, 1.165) is 17.0 Å². The number of para-hydroxylation sites is 1. The quantitative estimate of drug-likeness (QED) is 0.782. The summed E-state index contributed by atoms with van der Waals surface area (Å²) in [5.41, 5.74) is 3.62. The van der Waals surface area contributed by atoms with Gasteiger partial charge < -0.3 is 9.84 Å². The van der Waals surface area contributed by atoms with E-state index < -0.39 is 6.29 Å². The van der Waals surface area contributed by atoms with Gasteiger partial charge >= 0.3 is 0 Å². The van der Waals surface area contributed by atoms with Gasteiger partial charge in [0, 0.05) is 23.1 Å². The van der Waals surface area contributed by atoms with E-state index in [2.05, 4.69) is 4.98 Å². The van der Waals surface area contributed by atoms with E-state index in [1.165, 1.54) is 0 Å². The van der Waals surface area contributed by atoms with Gasteiger partial charge in [0.05, 0.1) is 11.4 Å². The monoisotopic (exact) mass is 253 g/mol. The number of aliphatic hydroxyl groups excluding tert-OH is 1. The maximum Gasteiger partial charge on any atom is 0.226 e. The number of aryl methyl sites for hydroxylation is 1. The highest BCUT2D eigenvalue weighted by atomic mass is 16.6. The number of ketones is 1. The smallest absolute Gasteiger partial charge is 0.226 e. The number of carbonyl (C=O) groups excluding carboxylic acids is 1. The number of hydrogen-bond acceptors (Lipinski definition) is 4. The first-order valence-corrected chi connectivity index (χ1v) is 6.25. The van der Waals surface area contributed by atoms with Crippen molar-refractivity contribution in [1.82, 2.24) is 4.98 Å². The van der Waals surface area contributed by atoms with E-state index in [1.807, 2.05) is 24.3 Å². The van der Waals surface area contributed by atoms with Gasteiger partial charge in [0.1, 0.15) is 5.75 Å². The van der Waals surface area contributed by atoms with Crippen LogP contribution in [0.4, 0.5) is 0 Å². The molecule has 1 aliphatic heterocycles. The summed E-state index contributed by atoms with van der Waals surface area (Å²) in [7, 11) is 0. The summed E-state index contributed by atoms with van der Waals surface area (Å²) >= 11 is 0. The third-order valence-electron chi connectivity index (χ3n) is 3.67. The maximum atomic E-state index is 11.7. The fourth-order valence-corrected chi connectivity index (χ4v) is 2.72. The second-order valence-electron chi connectivity index (χ2n) is 4.81. The summed E-state index contributed by atoms with van der Waals surface area (Å²) in [5.74, 6) is 0.718. The average Bonchev–Trinajstić information content (AvgIpc) is 2.79. The molecule has 0 radical (unpaired) electrons. The summed E-state index contributed by atoms with van der Waals surface area (Å²) in [5, 5.41) is 10.1. The van der Waals surface area contributed by atoms with Crippen LogP contribution in [0.2, 0.25) is 0 Å². The molecule has 1 aromatic heterocycles. The molecule has 94 valence electrons. The molecule has 1 aliphatic carbocycles. The Bertz CT molecular complexity index is 709. The minimum atomic E-state index is -1.06. The van der Waals surface area contributed by atoms with Gasteiger partial charge in [0.15, 0.2) is 5.78 Å². The molecule has 1 unspecified atom stereocenters. The normalized spacial score (nSPS) is 19.4. The predicted molar refractivity (Wildman–Crippen MR) is 67.9 cm³/mol. The number of aromatic nitrogens is 1. The minimum absolute atomic E-state index is 0.0939. The summed E-state index contributed by atoms with van der Waals surface area (Å²) < 4.78 is 5.46. The van der Waals surface area contributed by atoms with Crippen LogP contribution in [0, 0.1) is 0 Å². The number of aliphatic hydroxyl groups is 1. The van der Waals surface area contributed by atoms with Crippen molar-refractivity contribution in [2.45, 2.75) is 19.1 Å². The first-order chi connectivity index (χ1) is 9.24. The largest absolute Gasteiger partial charge is 0.460 e. The number of ether oxygens (including phenoxy) is 1. The topological polar surface area (TPSA) is 59.4 Å². The number of benzene rings is 1. The third-order valence-corrected chi connectivity index (χ3v) is 3.67. The van der Waals surface area contributed by atoms with E-state index in [-0.39, 0.29) is 5.78 Å². The molecule has 0 bridgehead atoms. The lowest BCUT2D eigenvalue weighted by Gasteiger charge is -2.24. The van der Waals surface area contributed by atoms with Crippen molar-refractivity contribution in [3.8, 4) is 17.0 Å². The number of fused-ring (bicyclic) bond motifs is 4. The van der Waals surface area contributed by atoms with Crippen molar-refractivity contribution < 1.29 is 14.6 Å². The van der Waals surface area contributed by atoms with Gasteiger partial charge in [-0.05, 0) is 24.6 Å². The van der Waals surface area contributed by atoms with Crippen molar-refractivity contribution in [3.05, 3.63) is 47.2 Å². The van der Waals surface area contributed by atoms with Crippen molar-refractivity contribution in [2.24, 2.45) is 0 Å². The summed E-state index contributed by atoms with van der Waals surface area (Å²) in [6, 6.07) is 9.21. The highest BCUT2D eigenvalue weighted by molar-refractivity contribution is 6.00. The molecule has 0 spiro atoms. The highest BCUT2D eigenvalue weighted by Gasteiger charge is 2.30. The van der Waals surface area contributed by atoms with E-state index in [9.17, 15) is 9.90 Å². The Labute approximate surface area is 109 Å². The fourth-order valence-electron chi connectivity index (χ4n) is 2.72. The maximum absolute atomic E-state index is 11.7. The van der Waals surface area contributed by atoms with Gasteiger partial charge in [0.2, 0.25) is 6.29 Å². The first kappa shape index (κ1) is 10.7. The van der Waals surface area contributed by atoms with Gasteiger partial charge in [-0.3, -0.25) is 9.78 Å². The molecule has 0 amide bonds. The van der Waals surface area contributed by atoms with Crippen molar-refractivity contribution in [2.75, 3.05) is 0 Å². The summed E-state index contributed by atoms with van der Waals surface area (Å²) in [4.78, 5) is 16.3. The van der Waals surface area contributed by atoms with E-state index >= 15 is 0 Å². The molecule has 4 nitrogen and oxygen atoms in total. The molecule has 2 aliphatic rings. The zero-order valence-electron chi connectivity index (χ0n) is 10.1. The lowest BCUT2D eigenvalue weighted by atomic mass is 9.99. The molecule has 2 heterocycles. The van der Waals surface area contributed by atoms with Gasteiger partial charge in [-0.2, -0.15) is 0 Å². The van der Waals surface area contributed by atoms with E-state index in [0.29, 0.717) is 29.7 Å². The standard InChI is InChI=1S/C15H11NO3/c17-12-6-5-11-9(12)7-10-14(16-11)8-3-1-2-4-13(8)19-15(10)18/h1-4,7,15,18H,5-6H2. The van der Waals surface area contributed by atoms with Crippen LogP contribution >= 0.6 is 0 Å². The number of nitrogens with zero attached hydrogens (tertiary/aromatic N) is 1. The van der Waals surface area contributed by atoms with Crippen LogP contribution in [-0.4, -0.2) is 15.9 Å². The second kappa shape index (κ2) is 3.65. The molecule has 4 rings (SSSR count). The fraction of sp³-hybridized carbons (Fsp3) is 0.200. The lowest BCUT2D eigenvalue weighted by Crippen LogP contribution is -2.15. The van der Waals surface area contributed by atoms with Crippen molar-refractivity contribution >= 4 is 5.78 Å². The van der Waals surface area contributed by atoms with Gasteiger partial charge in [0.25, 0.3) is 0 Å². The first-order valence-electron chi connectivity index (χ1n) is 6.25. The van der Waals surface area contributed by atoms with E-state index in [1.54, 1.807) is 6.07 Å². The lowest BCUT2D eigenvalue weighted by molar-refractivity contribution is -0.0216. The molecule has 0 saturated heterocycles. The minimum Gasteiger partial charge on any atom is -0.460 e. The molecule has 19 heavy (non-hydrogen) atoms. The van der Waals surface area contributed by atoms with Crippen LogP contribution in [0.25, 0.3) is 11.3 Å².